The highest BCUT2D eigenvalue weighted by atomic mass is 32.2. The van der Waals surface area contributed by atoms with Gasteiger partial charge in [-0.05, 0) is 41.7 Å². The van der Waals surface area contributed by atoms with Crippen LogP contribution in [0.3, 0.4) is 0 Å². The molecule has 2 rings (SSSR count). The van der Waals surface area contributed by atoms with Crippen molar-refractivity contribution < 1.29 is 22.3 Å². The molecule has 2 aromatic rings. The van der Waals surface area contributed by atoms with E-state index < -0.39 is 26.6 Å². The van der Waals surface area contributed by atoms with E-state index in [0.717, 1.165) is 24.1 Å². The zero-order valence-corrected chi connectivity index (χ0v) is 14.4. The molecule has 0 aliphatic rings. The third-order valence-electron chi connectivity index (χ3n) is 4.09. The molecule has 0 atom stereocenters. The van der Waals surface area contributed by atoms with Gasteiger partial charge in [0.2, 0.25) is 0 Å². The summed E-state index contributed by atoms with van der Waals surface area (Å²) in [7, 11) is -4.30. The van der Waals surface area contributed by atoms with Gasteiger partial charge >= 0.3 is 0 Å². The minimum absolute atomic E-state index is 0.0576. The summed E-state index contributed by atoms with van der Waals surface area (Å²) >= 11 is 0. The van der Waals surface area contributed by atoms with E-state index in [1.54, 1.807) is 6.07 Å². The number of halogens is 2. The Hall–Kier alpha value is -2.15. The molecule has 0 aliphatic carbocycles. The van der Waals surface area contributed by atoms with Crippen molar-refractivity contribution >= 4 is 15.7 Å². The Kier molecular flexibility index (Phi) is 4.85. The van der Waals surface area contributed by atoms with Gasteiger partial charge in [0.25, 0.3) is 10.0 Å². The first-order chi connectivity index (χ1) is 11.1. The molecule has 130 valence electrons. The second kappa shape index (κ2) is 6.39. The van der Waals surface area contributed by atoms with Crippen LogP contribution in [-0.4, -0.2) is 13.5 Å². The second-order valence-electron chi connectivity index (χ2n) is 6.15. The molecule has 0 heterocycles. The Balaban J connectivity index is 2.44. The third-order valence-corrected chi connectivity index (χ3v) is 5.49. The number of sulfonamides is 1. The summed E-state index contributed by atoms with van der Waals surface area (Å²) in [4.78, 5) is -0.691. The quantitative estimate of drug-likeness (QED) is 0.792. The number of phenolic OH excluding ortho intramolecular Hbond substituents is 1. The van der Waals surface area contributed by atoms with Crippen LogP contribution in [0, 0.1) is 11.6 Å². The first kappa shape index (κ1) is 18.2. The summed E-state index contributed by atoms with van der Waals surface area (Å²) in [6, 6.07) is 6.78. The number of hydrogen-bond acceptors (Lipinski definition) is 3. The molecule has 0 amide bonds. The van der Waals surface area contributed by atoms with Crippen molar-refractivity contribution in [3.05, 3.63) is 53.6 Å². The lowest BCUT2D eigenvalue weighted by Crippen LogP contribution is -2.18. The van der Waals surface area contributed by atoms with Crippen LogP contribution in [0.1, 0.15) is 32.8 Å². The Morgan fingerprint density at radius 1 is 1.12 bits per heavy atom. The lowest BCUT2D eigenvalue weighted by atomic mass is 9.82. The van der Waals surface area contributed by atoms with E-state index in [2.05, 4.69) is 4.72 Å². The molecule has 0 unspecified atom stereocenters. The standard InChI is InChI=1S/C17H19F2NO3S/c1-4-17(2,3)11-5-7-15(21)14(9-11)20-24(22,23)16-8-6-12(18)10-13(16)19/h5-10,20-21H,4H2,1-3H3. The number of benzene rings is 2. The van der Waals surface area contributed by atoms with E-state index in [1.807, 2.05) is 20.8 Å². The largest absolute Gasteiger partial charge is 0.506 e. The first-order valence-corrected chi connectivity index (χ1v) is 8.86. The number of nitrogens with one attached hydrogen (secondary N) is 1. The van der Waals surface area contributed by atoms with Crippen LogP contribution in [0.15, 0.2) is 41.3 Å². The number of aromatic hydroxyl groups is 1. The van der Waals surface area contributed by atoms with Crippen LogP contribution in [0.4, 0.5) is 14.5 Å². The van der Waals surface area contributed by atoms with E-state index in [4.69, 9.17) is 0 Å². The summed E-state index contributed by atoms with van der Waals surface area (Å²) < 4.78 is 53.5. The van der Waals surface area contributed by atoms with E-state index in [0.29, 0.717) is 6.07 Å². The minimum atomic E-state index is -4.30. The Bertz CT molecular complexity index is 864. The predicted octanol–water partition coefficient (Wildman–Crippen LogP) is 4.16. The summed E-state index contributed by atoms with van der Waals surface area (Å²) in [6.07, 6.45) is 0.802. The summed E-state index contributed by atoms with van der Waals surface area (Å²) in [6.45, 7) is 5.96. The van der Waals surface area contributed by atoms with Crippen molar-refractivity contribution in [3.63, 3.8) is 0 Å². The van der Waals surface area contributed by atoms with Crippen LogP contribution in [0.5, 0.6) is 5.75 Å². The normalized spacial score (nSPS) is 12.2. The van der Waals surface area contributed by atoms with Gasteiger partial charge in [0.1, 0.15) is 22.3 Å². The van der Waals surface area contributed by atoms with Crippen molar-refractivity contribution in [1.29, 1.82) is 0 Å². The molecule has 0 saturated carbocycles. The molecule has 0 saturated heterocycles. The first-order valence-electron chi connectivity index (χ1n) is 7.38. The molecular formula is C17H19F2NO3S. The van der Waals surface area contributed by atoms with E-state index >= 15 is 0 Å². The molecule has 0 radical (unpaired) electrons. The fourth-order valence-corrected chi connectivity index (χ4v) is 3.26. The van der Waals surface area contributed by atoms with Gasteiger partial charge in [-0.25, -0.2) is 17.2 Å². The van der Waals surface area contributed by atoms with Gasteiger partial charge in [0, 0.05) is 6.07 Å². The summed E-state index contributed by atoms with van der Waals surface area (Å²) in [5.74, 6) is -2.36. The zero-order valence-electron chi connectivity index (χ0n) is 13.6. The van der Waals surface area contributed by atoms with E-state index in [1.165, 1.54) is 12.1 Å². The molecular weight excluding hydrogens is 336 g/mol. The lowest BCUT2D eigenvalue weighted by molar-refractivity contribution is 0.473. The zero-order chi connectivity index (χ0) is 18.1. The predicted molar refractivity (Wildman–Crippen MR) is 88.6 cm³/mol. The molecule has 4 nitrogen and oxygen atoms in total. The summed E-state index contributed by atoms with van der Waals surface area (Å²) in [5.41, 5.74) is 0.535. The molecule has 24 heavy (non-hydrogen) atoms. The highest BCUT2D eigenvalue weighted by Gasteiger charge is 2.23. The average molecular weight is 355 g/mol. The Morgan fingerprint density at radius 3 is 2.38 bits per heavy atom. The lowest BCUT2D eigenvalue weighted by Gasteiger charge is -2.24. The molecule has 0 aliphatic heterocycles. The van der Waals surface area contributed by atoms with E-state index in [9.17, 15) is 22.3 Å². The highest BCUT2D eigenvalue weighted by Crippen LogP contribution is 2.34. The highest BCUT2D eigenvalue weighted by molar-refractivity contribution is 7.92. The van der Waals surface area contributed by atoms with Crippen molar-refractivity contribution in [2.45, 2.75) is 37.5 Å². The van der Waals surface area contributed by atoms with Gasteiger partial charge in [-0.1, -0.05) is 26.8 Å². The van der Waals surface area contributed by atoms with Crippen LogP contribution < -0.4 is 4.72 Å². The Labute approximate surface area is 140 Å². The fourth-order valence-electron chi connectivity index (χ4n) is 2.14. The second-order valence-corrected chi connectivity index (χ2v) is 7.80. The maximum atomic E-state index is 13.8. The topological polar surface area (TPSA) is 66.4 Å². The molecule has 0 bridgehead atoms. The van der Waals surface area contributed by atoms with Crippen LogP contribution >= 0.6 is 0 Å². The van der Waals surface area contributed by atoms with Gasteiger partial charge in [0.05, 0.1) is 5.69 Å². The van der Waals surface area contributed by atoms with Gasteiger partial charge in [-0.15, -0.1) is 0 Å². The molecule has 0 aromatic heterocycles. The number of anilines is 1. The fraction of sp³-hybridized carbons (Fsp3) is 0.294. The molecule has 0 spiro atoms. The molecule has 0 fully saturated rings. The number of phenols is 1. The molecule has 2 N–H and O–H groups in total. The number of rotatable bonds is 5. The summed E-state index contributed by atoms with van der Waals surface area (Å²) in [5, 5.41) is 9.92. The van der Waals surface area contributed by atoms with E-state index in [-0.39, 0.29) is 16.9 Å². The van der Waals surface area contributed by atoms with Crippen LogP contribution in [0.25, 0.3) is 0 Å². The maximum absolute atomic E-state index is 13.8. The van der Waals surface area contributed by atoms with Crippen molar-refractivity contribution in [3.8, 4) is 5.75 Å². The smallest absolute Gasteiger partial charge is 0.264 e. The van der Waals surface area contributed by atoms with Gasteiger partial charge in [-0.2, -0.15) is 0 Å². The maximum Gasteiger partial charge on any atom is 0.264 e. The van der Waals surface area contributed by atoms with Crippen LogP contribution in [-0.2, 0) is 15.4 Å². The SMILES string of the molecule is CCC(C)(C)c1ccc(O)c(NS(=O)(=O)c2ccc(F)cc2F)c1. The number of hydrogen-bond donors (Lipinski definition) is 2. The Morgan fingerprint density at radius 2 is 1.79 bits per heavy atom. The average Bonchev–Trinajstić information content (AvgIpc) is 2.48. The van der Waals surface area contributed by atoms with Crippen molar-refractivity contribution in [2.24, 2.45) is 0 Å². The minimum Gasteiger partial charge on any atom is -0.506 e. The molecule has 2 aromatic carbocycles. The third kappa shape index (κ3) is 3.67. The van der Waals surface area contributed by atoms with Crippen LogP contribution in [0.2, 0.25) is 0 Å². The van der Waals surface area contributed by atoms with Gasteiger partial charge < -0.3 is 5.11 Å². The molecule has 7 heteroatoms. The van der Waals surface area contributed by atoms with Gasteiger partial charge in [0.15, 0.2) is 0 Å². The van der Waals surface area contributed by atoms with Crippen molar-refractivity contribution in [2.75, 3.05) is 4.72 Å². The monoisotopic (exact) mass is 355 g/mol. The van der Waals surface area contributed by atoms with Gasteiger partial charge in [-0.3, -0.25) is 4.72 Å². The van der Waals surface area contributed by atoms with Crippen molar-refractivity contribution in [1.82, 2.24) is 0 Å².